The van der Waals surface area contributed by atoms with E-state index in [1.54, 1.807) is 0 Å². The minimum Gasteiger partial charge on any atom is -0.330 e. The standard InChI is InChI=1S/C80H76BN3/c1-51-41-73-75-74(42-51)83(69-37-33-60(77(5,6)7)47-63(69)54-27-19-14-20-28-54)72-45-58-50-78(8,9)49-57(58)44-66(72)81(75)67-48-61(34-38-71(67)82(73)68-36-32-59(76(2,3)4)46-62(68)53-25-17-13-18-26-53)84-70-35-31-56(52-23-15-12-16-24-52)43-65(70)79(10)40-39-55-29-21-22-30-64(55)80(79,84)11/h12-38,41-48H,39-40,49-50H2,1-11H3. The normalized spacial score (nSPS) is 18.8. The summed E-state index contributed by atoms with van der Waals surface area (Å²) >= 11 is 0. The van der Waals surface area contributed by atoms with Gasteiger partial charge in [-0.3, -0.25) is 0 Å². The maximum absolute atomic E-state index is 2.78. The summed E-state index contributed by atoms with van der Waals surface area (Å²) in [5.74, 6) is 0. The first-order valence-corrected chi connectivity index (χ1v) is 30.8. The van der Waals surface area contributed by atoms with Crippen molar-refractivity contribution in [2.45, 2.75) is 124 Å². The maximum atomic E-state index is 2.78. The molecule has 84 heavy (non-hydrogen) atoms. The second kappa shape index (κ2) is 18.6. The summed E-state index contributed by atoms with van der Waals surface area (Å²) in [5, 5.41) is 0. The predicted molar refractivity (Wildman–Crippen MR) is 358 cm³/mol. The van der Waals surface area contributed by atoms with Gasteiger partial charge >= 0.3 is 0 Å². The molecule has 0 saturated heterocycles. The fourth-order valence-electron chi connectivity index (χ4n) is 16.0. The van der Waals surface area contributed by atoms with Gasteiger partial charge in [-0.2, -0.15) is 0 Å². The molecule has 3 aliphatic heterocycles. The smallest absolute Gasteiger partial charge is 0.252 e. The zero-order valence-electron chi connectivity index (χ0n) is 51.0. The molecule has 0 amide bonds. The summed E-state index contributed by atoms with van der Waals surface area (Å²) in [5.41, 5.74) is 32.0. The van der Waals surface area contributed by atoms with Gasteiger partial charge in [0.05, 0.1) is 16.9 Å². The van der Waals surface area contributed by atoms with Crippen molar-refractivity contribution in [2.75, 3.05) is 14.7 Å². The van der Waals surface area contributed by atoms with E-state index in [-0.39, 0.29) is 28.4 Å². The minimum atomic E-state index is -0.397. The van der Waals surface area contributed by atoms with E-state index in [1.807, 2.05) is 0 Å². The Hall–Kier alpha value is -8.34. The molecule has 4 heteroatoms. The molecule has 15 rings (SSSR count). The number of hydrogen-bond acceptors (Lipinski definition) is 3. The van der Waals surface area contributed by atoms with Crippen LogP contribution in [0, 0.1) is 12.3 Å². The predicted octanol–water partition coefficient (Wildman–Crippen LogP) is 19.1. The third-order valence-electron chi connectivity index (χ3n) is 20.4. The van der Waals surface area contributed by atoms with E-state index < -0.39 is 5.54 Å². The fourth-order valence-corrected chi connectivity index (χ4v) is 16.0. The lowest BCUT2D eigenvalue weighted by molar-refractivity contribution is 0.245. The largest absolute Gasteiger partial charge is 0.330 e. The highest BCUT2D eigenvalue weighted by atomic mass is 15.3. The van der Waals surface area contributed by atoms with Gasteiger partial charge in [0.25, 0.3) is 6.71 Å². The molecular formula is C80H76BN3. The number of aryl methyl sites for hydroxylation is 2. The van der Waals surface area contributed by atoms with E-state index in [9.17, 15) is 0 Å². The molecule has 0 spiro atoms. The molecule has 10 aromatic carbocycles. The van der Waals surface area contributed by atoms with E-state index >= 15 is 0 Å². The number of hydrogen-bond donors (Lipinski definition) is 0. The Balaban J connectivity index is 1.05. The molecule has 2 atom stereocenters. The quantitative estimate of drug-likeness (QED) is 0.154. The van der Waals surface area contributed by atoms with Gasteiger partial charge in [0.1, 0.15) is 0 Å². The molecule has 5 aliphatic rings. The first kappa shape index (κ1) is 52.5. The lowest BCUT2D eigenvalue weighted by Gasteiger charge is -2.51. The highest BCUT2D eigenvalue weighted by Crippen LogP contribution is 2.64. The van der Waals surface area contributed by atoms with Crippen LogP contribution in [0.25, 0.3) is 33.4 Å². The molecule has 414 valence electrons. The van der Waals surface area contributed by atoms with Gasteiger partial charge in [0, 0.05) is 50.7 Å². The molecule has 2 aliphatic carbocycles. The molecule has 0 aromatic heterocycles. The molecular weight excluding hydrogens is 1010 g/mol. The topological polar surface area (TPSA) is 9.72 Å². The highest BCUT2D eigenvalue weighted by Gasteiger charge is 2.60. The number of anilines is 8. The highest BCUT2D eigenvalue weighted by molar-refractivity contribution is 7.00. The third-order valence-corrected chi connectivity index (χ3v) is 20.4. The van der Waals surface area contributed by atoms with Crippen molar-refractivity contribution >= 4 is 68.6 Å². The van der Waals surface area contributed by atoms with Crippen LogP contribution in [0.2, 0.25) is 0 Å². The number of benzene rings is 10. The van der Waals surface area contributed by atoms with Crippen molar-refractivity contribution in [3.05, 3.63) is 257 Å². The van der Waals surface area contributed by atoms with Crippen LogP contribution in [-0.4, -0.2) is 6.71 Å². The molecule has 0 N–H and O–H groups in total. The Morgan fingerprint density at radius 1 is 0.405 bits per heavy atom. The Morgan fingerprint density at radius 3 is 1.51 bits per heavy atom. The molecule has 3 nitrogen and oxygen atoms in total. The zero-order valence-corrected chi connectivity index (χ0v) is 51.0. The van der Waals surface area contributed by atoms with Crippen LogP contribution in [0.15, 0.2) is 212 Å². The number of nitrogens with zero attached hydrogens (tertiary/aromatic N) is 3. The van der Waals surface area contributed by atoms with Gasteiger partial charge in [-0.25, -0.2) is 0 Å². The van der Waals surface area contributed by atoms with Crippen molar-refractivity contribution in [2.24, 2.45) is 5.41 Å². The van der Waals surface area contributed by atoms with E-state index in [0.717, 1.165) is 25.7 Å². The van der Waals surface area contributed by atoms with Crippen LogP contribution in [0.1, 0.15) is 120 Å². The molecule has 0 radical (unpaired) electrons. The monoisotopic (exact) mass is 1090 g/mol. The Bertz CT molecular complexity index is 4310. The molecule has 0 fully saturated rings. The van der Waals surface area contributed by atoms with E-state index in [1.165, 1.54) is 140 Å². The molecule has 0 bridgehead atoms. The van der Waals surface area contributed by atoms with Crippen LogP contribution in [-0.2, 0) is 41.0 Å². The fraction of sp³-hybridized carbons (Fsp3) is 0.250. The van der Waals surface area contributed by atoms with Crippen molar-refractivity contribution in [3.8, 4) is 33.4 Å². The molecule has 3 heterocycles. The maximum Gasteiger partial charge on any atom is 0.252 e. The van der Waals surface area contributed by atoms with Crippen molar-refractivity contribution in [1.29, 1.82) is 0 Å². The van der Waals surface area contributed by atoms with E-state index in [2.05, 4.69) is 303 Å². The van der Waals surface area contributed by atoms with Gasteiger partial charge in [0.2, 0.25) is 0 Å². The Kier molecular flexibility index (Phi) is 11.6. The van der Waals surface area contributed by atoms with Crippen molar-refractivity contribution in [1.82, 2.24) is 0 Å². The van der Waals surface area contributed by atoms with Crippen LogP contribution in [0.5, 0.6) is 0 Å². The summed E-state index contributed by atoms with van der Waals surface area (Å²) < 4.78 is 0. The zero-order chi connectivity index (χ0) is 57.8. The Morgan fingerprint density at radius 2 is 0.917 bits per heavy atom. The van der Waals surface area contributed by atoms with Crippen LogP contribution in [0.4, 0.5) is 45.5 Å². The van der Waals surface area contributed by atoms with Crippen molar-refractivity contribution < 1.29 is 0 Å². The average molecular weight is 1090 g/mol. The summed E-state index contributed by atoms with van der Waals surface area (Å²) in [6, 6.07) is 82.6. The molecule has 0 saturated carbocycles. The van der Waals surface area contributed by atoms with Gasteiger partial charge < -0.3 is 14.7 Å². The lowest BCUT2D eigenvalue weighted by atomic mass is 9.33. The Labute approximate surface area is 499 Å². The minimum absolute atomic E-state index is 0.0446. The summed E-state index contributed by atoms with van der Waals surface area (Å²) in [6.45, 7) is 26.3. The summed E-state index contributed by atoms with van der Waals surface area (Å²) in [6.07, 6.45) is 4.20. The average Bonchev–Trinajstić information content (AvgIpc) is 1.54. The van der Waals surface area contributed by atoms with E-state index in [4.69, 9.17) is 0 Å². The third kappa shape index (κ3) is 7.92. The van der Waals surface area contributed by atoms with Gasteiger partial charge in [-0.15, -0.1) is 0 Å². The van der Waals surface area contributed by atoms with Crippen LogP contribution >= 0.6 is 0 Å². The first-order chi connectivity index (χ1) is 40.3. The van der Waals surface area contributed by atoms with Gasteiger partial charge in [-0.05, 0) is 212 Å². The van der Waals surface area contributed by atoms with Gasteiger partial charge in [-0.1, -0.05) is 202 Å². The van der Waals surface area contributed by atoms with Crippen molar-refractivity contribution in [3.63, 3.8) is 0 Å². The SMILES string of the molecule is Cc1cc2c3c(c1)N(c1ccc(C(C)(C)C)cc1-c1ccccc1)c1cc4c(cc1B3c1cc(N3c5ccc(-c6ccccc6)cc5C5(C)CCc6ccccc6C35C)ccc1N2c1ccc(C(C)(C)C)cc1-c1ccccc1)CC(C)(C)C4. The van der Waals surface area contributed by atoms with E-state index in [0.29, 0.717) is 0 Å². The second-order valence-electron chi connectivity index (χ2n) is 28.5. The lowest BCUT2D eigenvalue weighted by Crippen LogP contribution is -2.61. The summed E-state index contributed by atoms with van der Waals surface area (Å²) in [4.78, 5) is 8.14. The van der Waals surface area contributed by atoms with Gasteiger partial charge in [0.15, 0.2) is 0 Å². The number of fused-ring (bicyclic) bond motifs is 10. The number of rotatable bonds is 6. The first-order valence-electron chi connectivity index (χ1n) is 30.8. The second-order valence-corrected chi connectivity index (χ2v) is 28.5. The molecule has 2 unspecified atom stereocenters. The van der Waals surface area contributed by atoms with Crippen LogP contribution < -0.4 is 31.1 Å². The molecule has 10 aromatic rings. The van der Waals surface area contributed by atoms with Crippen LogP contribution in [0.3, 0.4) is 0 Å². The summed E-state index contributed by atoms with van der Waals surface area (Å²) in [7, 11) is 0.